The second-order valence-corrected chi connectivity index (χ2v) is 3.70. The van der Waals surface area contributed by atoms with Gasteiger partial charge in [-0.1, -0.05) is 0 Å². The van der Waals surface area contributed by atoms with Crippen molar-refractivity contribution in [1.82, 2.24) is 19.9 Å². The van der Waals surface area contributed by atoms with Gasteiger partial charge in [0.05, 0.1) is 5.56 Å². The third-order valence-electron chi connectivity index (χ3n) is 2.51. The van der Waals surface area contributed by atoms with Crippen molar-refractivity contribution in [3.8, 4) is 11.3 Å². The second kappa shape index (κ2) is 4.27. The number of benzene rings is 1. The number of halogens is 3. The van der Waals surface area contributed by atoms with Gasteiger partial charge < -0.3 is 0 Å². The molecule has 94 valence electrons. The van der Waals surface area contributed by atoms with Gasteiger partial charge in [-0.15, -0.1) is 0 Å². The van der Waals surface area contributed by atoms with Crippen molar-refractivity contribution in [2.24, 2.45) is 0 Å². The summed E-state index contributed by atoms with van der Waals surface area (Å²) < 4.78 is 40.4. The van der Waals surface area contributed by atoms with E-state index in [9.17, 15) is 13.2 Å². The molecule has 0 fully saturated rings. The maximum absolute atomic E-state index is 13.7. The highest BCUT2D eigenvalue weighted by molar-refractivity contribution is 5.86. The molecule has 2 heterocycles. The van der Waals surface area contributed by atoms with E-state index >= 15 is 0 Å². The molecular formula is C12H5F3N4. The molecule has 0 bridgehead atoms. The molecule has 3 rings (SSSR count). The lowest BCUT2D eigenvalue weighted by Gasteiger charge is -2.06. The topological polar surface area (TPSA) is 51.6 Å². The fourth-order valence-electron chi connectivity index (χ4n) is 1.75. The second-order valence-electron chi connectivity index (χ2n) is 3.70. The molecule has 0 aliphatic rings. The van der Waals surface area contributed by atoms with Gasteiger partial charge in [-0.25, -0.2) is 33.1 Å². The lowest BCUT2D eigenvalue weighted by atomic mass is 10.1. The van der Waals surface area contributed by atoms with Crippen molar-refractivity contribution in [2.45, 2.75) is 0 Å². The Balaban J connectivity index is 2.37. The van der Waals surface area contributed by atoms with Crippen LogP contribution >= 0.6 is 0 Å². The number of fused-ring (bicyclic) bond motifs is 1. The number of nitrogens with zero attached hydrogens (tertiary/aromatic N) is 4. The van der Waals surface area contributed by atoms with Crippen LogP contribution in [0, 0.1) is 17.5 Å². The van der Waals surface area contributed by atoms with Crippen LogP contribution in [0.25, 0.3) is 22.4 Å². The molecule has 0 unspecified atom stereocenters. The van der Waals surface area contributed by atoms with Crippen LogP contribution in [-0.2, 0) is 0 Å². The van der Waals surface area contributed by atoms with Crippen LogP contribution < -0.4 is 0 Å². The lowest BCUT2D eigenvalue weighted by molar-refractivity contribution is 0.547. The molecule has 0 saturated heterocycles. The number of hydrogen-bond donors (Lipinski definition) is 0. The largest absolute Gasteiger partial charge is 0.249 e. The zero-order valence-electron chi connectivity index (χ0n) is 9.31. The maximum atomic E-state index is 13.7. The summed E-state index contributed by atoms with van der Waals surface area (Å²) in [6.45, 7) is 0. The van der Waals surface area contributed by atoms with Gasteiger partial charge in [0, 0.05) is 24.5 Å². The van der Waals surface area contributed by atoms with Crippen LogP contribution in [0.1, 0.15) is 0 Å². The van der Waals surface area contributed by atoms with Gasteiger partial charge >= 0.3 is 0 Å². The van der Waals surface area contributed by atoms with Crippen LogP contribution in [-0.4, -0.2) is 19.9 Å². The Morgan fingerprint density at radius 3 is 2.21 bits per heavy atom. The standard InChI is InChI=1S/C12H5F3N4/c13-6-3-7(14)9(8(15)4-6)10-11-12(19-5-18-10)17-2-1-16-11/h1-5H. The molecule has 1 aromatic carbocycles. The third kappa shape index (κ3) is 1.88. The fraction of sp³-hybridized carbons (Fsp3) is 0. The lowest BCUT2D eigenvalue weighted by Crippen LogP contribution is -1.98. The summed E-state index contributed by atoms with van der Waals surface area (Å²) in [6.07, 6.45) is 3.87. The summed E-state index contributed by atoms with van der Waals surface area (Å²) in [5.41, 5.74) is -0.160. The summed E-state index contributed by atoms with van der Waals surface area (Å²) >= 11 is 0. The van der Waals surface area contributed by atoms with Gasteiger partial charge in [-0.2, -0.15) is 0 Å². The van der Waals surface area contributed by atoms with E-state index in [1.807, 2.05) is 0 Å². The van der Waals surface area contributed by atoms with E-state index in [0.29, 0.717) is 12.1 Å². The Morgan fingerprint density at radius 1 is 0.789 bits per heavy atom. The highest BCUT2D eigenvalue weighted by Gasteiger charge is 2.18. The van der Waals surface area contributed by atoms with Gasteiger partial charge in [-0.3, -0.25) is 0 Å². The smallest absolute Gasteiger partial charge is 0.181 e. The minimum Gasteiger partial charge on any atom is -0.249 e. The normalized spacial score (nSPS) is 10.9. The predicted octanol–water partition coefficient (Wildman–Crippen LogP) is 2.50. The quantitative estimate of drug-likeness (QED) is 0.676. The van der Waals surface area contributed by atoms with Crippen LogP contribution in [0.5, 0.6) is 0 Å². The minimum atomic E-state index is -1.05. The highest BCUT2D eigenvalue weighted by atomic mass is 19.1. The van der Waals surface area contributed by atoms with E-state index in [1.54, 1.807) is 0 Å². The predicted molar refractivity (Wildman–Crippen MR) is 60.4 cm³/mol. The molecule has 0 aliphatic heterocycles. The molecule has 0 saturated carbocycles. The Kier molecular flexibility index (Phi) is 2.59. The zero-order chi connectivity index (χ0) is 13.4. The SMILES string of the molecule is Fc1cc(F)c(-c2ncnc3nccnc23)c(F)c1. The summed E-state index contributed by atoms with van der Waals surface area (Å²) in [4.78, 5) is 15.5. The molecule has 2 aromatic heterocycles. The van der Waals surface area contributed by atoms with Gasteiger partial charge in [-0.05, 0) is 0 Å². The van der Waals surface area contributed by atoms with E-state index in [4.69, 9.17) is 0 Å². The van der Waals surface area contributed by atoms with Crippen molar-refractivity contribution in [1.29, 1.82) is 0 Å². The molecular weight excluding hydrogens is 257 g/mol. The Bertz CT molecular complexity index is 748. The Labute approximate surface area is 105 Å². The van der Waals surface area contributed by atoms with Crippen molar-refractivity contribution in [2.75, 3.05) is 0 Å². The van der Waals surface area contributed by atoms with E-state index in [0.717, 1.165) is 6.33 Å². The fourth-order valence-corrected chi connectivity index (χ4v) is 1.75. The average Bonchev–Trinajstić information content (AvgIpc) is 2.38. The summed E-state index contributed by atoms with van der Waals surface area (Å²) in [5.74, 6) is -3.10. The highest BCUT2D eigenvalue weighted by Crippen LogP contribution is 2.28. The molecule has 4 nitrogen and oxygen atoms in total. The zero-order valence-corrected chi connectivity index (χ0v) is 9.31. The Morgan fingerprint density at radius 2 is 1.47 bits per heavy atom. The molecule has 0 atom stereocenters. The van der Waals surface area contributed by atoms with Crippen LogP contribution in [0.4, 0.5) is 13.2 Å². The molecule has 0 radical (unpaired) electrons. The summed E-state index contributed by atoms with van der Waals surface area (Å²) in [5, 5.41) is 0. The Hall–Kier alpha value is -2.57. The minimum absolute atomic E-state index is 0.0619. The van der Waals surface area contributed by atoms with Crippen LogP contribution in [0.15, 0.2) is 30.9 Å². The van der Waals surface area contributed by atoms with E-state index in [2.05, 4.69) is 19.9 Å². The number of hydrogen-bond acceptors (Lipinski definition) is 4. The van der Waals surface area contributed by atoms with E-state index in [-0.39, 0.29) is 16.9 Å². The summed E-state index contributed by atoms with van der Waals surface area (Å²) in [7, 11) is 0. The molecule has 7 heteroatoms. The number of rotatable bonds is 1. The third-order valence-corrected chi connectivity index (χ3v) is 2.51. The van der Waals surface area contributed by atoms with Gasteiger partial charge in [0.25, 0.3) is 0 Å². The van der Waals surface area contributed by atoms with Crippen molar-refractivity contribution in [3.63, 3.8) is 0 Å². The molecule has 0 amide bonds. The molecule has 3 aromatic rings. The molecule has 19 heavy (non-hydrogen) atoms. The van der Waals surface area contributed by atoms with Crippen molar-refractivity contribution < 1.29 is 13.2 Å². The first-order valence-corrected chi connectivity index (χ1v) is 5.23. The van der Waals surface area contributed by atoms with Gasteiger partial charge in [0.15, 0.2) is 5.65 Å². The molecule has 0 aliphatic carbocycles. The van der Waals surface area contributed by atoms with Gasteiger partial charge in [0.1, 0.15) is 35.0 Å². The first kappa shape index (κ1) is 11.5. The van der Waals surface area contributed by atoms with Crippen molar-refractivity contribution in [3.05, 3.63) is 48.3 Å². The number of aromatic nitrogens is 4. The first-order chi connectivity index (χ1) is 9.16. The van der Waals surface area contributed by atoms with Crippen LogP contribution in [0.3, 0.4) is 0 Å². The van der Waals surface area contributed by atoms with E-state index < -0.39 is 23.0 Å². The monoisotopic (exact) mass is 262 g/mol. The molecule has 0 spiro atoms. The van der Waals surface area contributed by atoms with Crippen LogP contribution in [0.2, 0.25) is 0 Å². The van der Waals surface area contributed by atoms with Gasteiger partial charge in [0.2, 0.25) is 0 Å². The first-order valence-electron chi connectivity index (χ1n) is 5.23. The van der Waals surface area contributed by atoms with Crippen molar-refractivity contribution >= 4 is 11.2 Å². The molecule has 0 N–H and O–H groups in total. The summed E-state index contributed by atoms with van der Waals surface area (Å²) in [6, 6.07) is 1.17. The van der Waals surface area contributed by atoms with E-state index in [1.165, 1.54) is 12.4 Å². The average molecular weight is 262 g/mol. The maximum Gasteiger partial charge on any atom is 0.181 e.